The Kier molecular flexibility index (Phi) is 2.31. The van der Waals surface area contributed by atoms with Gasteiger partial charge in [0.15, 0.2) is 5.82 Å². The largest absolute Gasteiger partial charge is 0.339 e. The van der Waals surface area contributed by atoms with Crippen molar-refractivity contribution in [3.8, 4) is 0 Å². The second kappa shape index (κ2) is 3.35. The molecule has 2 N–H and O–H groups in total. The smallest absolute Gasteiger partial charge is 0.229 e. The summed E-state index contributed by atoms with van der Waals surface area (Å²) in [5.74, 6) is 1.86. The summed E-state index contributed by atoms with van der Waals surface area (Å²) in [7, 11) is 0. The van der Waals surface area contributed by atoms with Gasteiger partial charge in [0.2, 0.25) is 5.89 Å². The lowest BCUT2D eigenvalue weighted by molar-refractivity contribution is 0.342. The van der Waals surface area contributed by atoms with E-state index in [1.807, 2.05) is 13.8 Å². The third-order valence-electron chi connectivity index (χ3n) is 2.72. The molecular weight excluding hydrogens is 178 g/mol. The van der Waals surface area contributed by atoms with E-state index in [9.17, 15) is 0 Å². The van der Waals surface area contributed by atoms with Gasteiger partial charge in [-0.05, 0) is 26.7 Å². The number of nitrogens with two attached hydrogens (primary N) is 1. The molecule has 1 saturated carbocycles. The van der Waals surface area contributed by atoms with Gasteiger partial charge in [0.1, 0.15) is 0 Å². The van der Waals surface area contributed by atoms with Crippen LogP contribution in [0, 0.1) is 0 Å². The van der Waals surface area contributed by atoms with Crippen LogP contribution in [0.25, 0.3) is 0 Å². The van der Waals surface area contributed by atoms with Crippen LogP contribution in [0.2, 0.25) is 0 Å². The molecule has 1 aromatic rings. The van der Waals surface area contributed by atoms with E-state index >= 15 is 0 Å². The van der Waals surface area contributed by atoms with Crippen molar-refractivity contribution in [3.63, 3.8) is 0 Å². The van der Waals surface area contributed by atoms with Gasteiger partial charge in [-0.25, -0.2) is 0 Å². The normalized spacial score (nSPS) is 19.1. The maximum absolute atomic E-state index is 5.88. The zero-order valence-corrected chi connectivity index (χ0v) is 8.79. The Morgan fingerprint density at radius 3 is 2.50 bits per heavy atom. The predicted molar refractivity (Wildman–Crippen MR) is 52.7 cm³/mol. The van der Waals surface area contributed by atoms with Crippen LogP contribution in [0.5, 0.6) is 0 Å². The Morgan fingerprint density at radius 1 is 1.36 bits per heavy atom. The van der Waals surface area contributed by atoms with E-state index in [0.717, 1.165) is 5.89 Å². The highest BCUT2D eigenvalue weighted by molar-refractivity contribution is 5.02. The highest BCUT2D eigenvalue weighted by Gasteiger charge is 2.26. The van der Waals surface area contributed by atoms with Gasteiger partial charge in [-0.1, -0.05) is 18.0 Å². The summed E-state index contributed by atoms with van der Waals surface area (Å²) in [5, 5.41) is 3.92. The van der Waals surface area contributed by atoms with E-state index in [1.54, 1.807) is 0 Å². The summed E-state index contributed by atoms with van der Waals surface area (Å²) in [6.45, 7) is 3.77. The minimum absolute atomic E-state index is 0.471. The first kappa shape index (κ1) is 9.65. The molecule has 1 fully saturated rings. The average molecular weight is 195 g/mol. The molecule has 1 heterocycles. The lowest BCUT2D eigenvalue weighted by Gasteiger charge is -2.11. The summed E-state index contributed by atoms with van der Waals surface area (Å²) in [4.78, 5) is 4.36. The maximum Gasteiger partial charge on any atom is 0.229 e. The monoisotopic (exact) mass is 195 g/mol. The van der Waals surface area contributed by atoms with E-state index in [-0.39, 0.29) is 0 Å². The topological polar surface area (TPSA) is 64.9 Å². The molecule has 0 spiro atoms. The molecule has 1 aliphatic rings. The molecule has 0 atom stereocenters. The molecule has 1 aliphatic carbocycles. The van der Waals surface area contributed by atoms with E-state index in [4.69, 9.17) is 10.3 Å². The number of aromatic nitrogens is 2. The van der Waals surface area contributed by atoms with Crippen molar-refractivity contribution in [2.24, 2.45) is 5.73 Å². The molecule has 14 heavy (non-hydrogen) atoms. The van der Waals surface area contributed by atoms with Crippen LogP contribution in [0.3, 0.4) is 0 Å². The highest BCUT2D eigenvalue weighted by atomic mass is 16.5. The Labute approximate surface area is 83.9 Å². The van der Waals surface area contributed by atoms with Crippen LogP contribution in [-0.4, -0.2) is 10.1 Å². The molecule has 78 valence electrons. The van der Waals surface area contributed by atoms with Crippen molar-refractivity contribution in [2.75, 3.05) is 0 Å². The SMILES string of the molecule is CC(C)(N)c1noc(C2CCCC2)n1. The van der Waals surface area contributed by atoms with Crippen molar-refractivity contribution in [2.45, 2.75) is 51.0 Å². The fourth-order valence-corrected chi connectivity index (χ4v) is 1.84. The second-order valence-corrected chi connectivity index (χ2v) is 4.66. The summed E-state index contributed by atoms with van der Waals surface area (Å²) in [5.41, 5.74) is 5.38. The Hall–Kier alpha value is -0.900. The quantitative estimate of drug-likeness (QED) is 0.783. The molecule has 4 nitrogen and oxygen atoms in total. The Bertz CT molecular complexity index is 307. The van der Waals surface area contributed by atoms with Crippen molar-refractivity contribution in [1.82, 2.24) is 10.1 Å². The molecule has 0 radical (unpaired) electrons. The molecule has 1 aromatic heterocycles. The van der Waals surface area contributed by atoms with E-state index in [0.29, 0.717) is 11.7 Å². The third-order valence-corrected chi connectivity index (χ3v) is 2.72. The van der Waals surface area contributed by atoms with Crippen molar-refractivity contribution in [1.29, 1.82) is 0 Å². The van der Waals surface area contributed by atoms with Crippen molar-refractivity contribution >= 4 is 0 Å². The number of hydrogen-bond acceptors (Lipinski definition) is 4. The molecule has 4 heteroatoms. The summed E-state index contributed by atoms with van der Waals surface area (Å²) >= 11 is 0. The van der Waals surface area contributed by atoms with E-state index in [1.165, 1.54) is 25.7 Å². The third kappa shape index (κ3) is 1.80. The highest BCUT2D eigenvalue weighted by Crippen LogP contribution is 2.33. The Balaban J connectivity index is 2.17. The van der Waals surface area contributed by atoms with E-state index < -0.39 is 5.54 Å². The van der Waals surface area contributed by atoms with Crippen molar-refractivity contribution < 1.29 is 4.52 Å². The summed E-state index contributed by atoms with van der Waals surface area (Å²) in [6, 6.07) is 0. The van der Waals surface area contributed by atoms with Crippen molar-refractivity contribution in [3.05, 3.63) is 11.7 Å². The van der Waals surface area contributed by atoms with Gasteiger partial charge in [-0.2, -0.15) is 4.98 Å². The summed E-state index contributed by atoms with van der Waals surface area (Å²) in [6.07, 6.45) is 4.89. The molecule has 0 aliphatic heterocycles. The van der Waals surface area contributed by atoms with E-state index in [2.05, 4.69) is 10.1 Å². The first-order valence-electron chi connectivity index (χ1n) is 5.20. The van der Waals surface area contributed by atoms with Crippen LogP contribution < -0.4 is 5.73 Å². The minimum atomic E-state index is -0.500. The van der Waals surface area contributed by atoms with Gasteiger partial charge in [0, 0.05) is 5.92 Å². The average Bonchev–Trinajstić information content (AvgIpc) is 2.73. The standard InChI is InChI=1S/C10H17N3O/c1-10(2,11)9-12-8(14-13-9)7-5-3-4-6-7/h7H,3-6,11H2,1-2H3. The molecule has 0 aromatic carbocycles. The molecule has 0 unspecified atom stereocenters. The van der Waals surface area contributed by atoms with Crippen LogP contribution in [-0.2, 0) is 5.54 Å². The van der Waals surface area contributed by atoms with Gasteiger partial charge in [-0.15, -0.1) is 0 Å². The summed E-state index contributed by atoms with van der Waals surface area (Å²) < 4.78 is 5.23. The number of hydrogen-bond donors (Lipinski definition) is 1. The molecule has 0 saturated heterocycles. The van der Waals surface area contributed by atoms with Gasteiger partial charge in [-0.3, -0.25) is 0 Å². The lowest BCUT2D eigenvalue weighted by Crippen LogP contribution is -2.30. The number of rotatable bonds is 2. The first-order valence-corrected chi connectivity index (χ1v) is 5.20. The van der Waals surface area contributed by atoms with Gasteiger partial charge >= 0.3 is 0 Å². The van der Waals surface area contributed by atoms with Crippen LogP contribution in [0.4, 0.5) is 0 Å². The van der Waals surface area contributed by atoms with Crippen LogP contribution >= 0.6 is 0 Å². The maximum atomic E-state index is 5.88. The first-order chi connectivity index (χ1) is 6.57. The molecule has 0 amide bonds. The van der Waals surface area contributed by atoms with Gasteiger partial charge < -0.3 is 10.3 Å². The fraction of sp³-hybridized carbons (Fsp3) is 0.800. The molecule has 2 rings (SSSR count). The second-order valence-electron chi connectivity index (χ2n) is 4.66. The lowest BCUT2D eigenvalue weighted by atomic mass is 10.1. The van der Waals surface area contributed by atoms with Crippen LogP contribution in [0.15, 0.2) is 4.52 Å². The Morgan fingerprint density at radius 2 is 2.00 bits per heavy atom. The molecule has 0 bridgehead atoms. The fourth-order valence-electron chi connectivity index (χ4n) is 1.84. The predicted octanol–water partition coefficient (Wildman–Crippen LogP) is 1.92. The zero-order chi connectivity index (χ0) is 10.2. The molecular formula is C10H17N3O. The van der Waals surface area contributed by atoms with Crippen LogP contribution in [0.1, 0.15) is 57.2 Å². The minimum Gasteiger partial charge on any atom is -0.339 e. The number of nitrogens with zero attached hydrogens (tertiary/aromatic N) is 2. The van der Waals surface area contributed by atoms with Gasteiger partial charge in [0.25, 0.3) is 0 Å². The zero-order valence-electron chi connectivity index (χ0n) is 8.79. The van der Waals surface area contributed by atoms with Gasteiger partial charge in [0.05, 0.1) is 5.54 Å².